The van der Waals surface area contributed by atoms with Crippen LogP contribution in [0.4, 0.5) is 5.69 Å². The number of anilines is 1. The second-order valence-electron chi connectivity index (χ2n) is 7.55. The standard InChI is InChI=1S/C21H24N4O3S/c1-23-20-5-3-2-4-18(20)22-21(23)15-24-9-8-16-14-17(6-7-19(16)24)29(26,27)25-10-12-28-13-11-25/h2-7,14H,8-13,15H2,1H3. The first-order valence-electron chi connectivity index (χ1n) is 9.90. The monoisotopic (exact) mass is 412 g/mol. The van der Waals surface area contributed by atoms with Crippen LogP contribution >= 0.6 is 0 Å². The van der Waals surface area contributed by atoms with Crippen molar-refractivity contribution in [2.24, 2.45) is 7.05 Å². The SMILES string of the molecule is Cn1c(CN2CCc3cc(S(=O)(=O)N4CCOCC4)ccc32)nc2ccccc21. The first kappa shape index (κ1) is 18.6. The second kappa shape index (κ2) is 7.12. The fourth-order valence-corrected chi connectivity index (χ4v) is 5.67. The molecule has 0 spiro atoms. The van der Waals surface area contributed by atoms with E-state index in [0.717, 1.165) is 41.1 Å². The van der Waals surface area contributed by atoms with Gasteiger partial charge in [0.1, 0.15) is 5.82 Å². The normalized spacial score (nSPS) is 17.8. The van der Waals surface area contributed by atoms with E-state index in [0.29, 0.717) is 37.7 Å². The molecule has 152 valence electrons. The number of nitrogens with zero attached hydrogens (tertiary/aromatic N) is 4. The molecule has 7 nitrogen and oxygen atoms in total. The van der Waals surface area contributed by atoms with Gasteiger partial charge in [-0.2, -0.15) is 4.31 Å². The van der Waals surface area contributed by atoms with Crippen LogP contribution in [-0.4, -0.2) is 55.1 Å². The largest absolute Gasteiger partial charge is 0.379 e. The second-order valence-corrected chi connectivity index (χ2v) is 9.49. The van der Waals surface area contributed by atoms with Gasteiger partial charge in [-0.3, -0.25) is 0 Å². The number of ether oxygens (including phenoxy) is 1. The van der Waals surface area contributed by atoms with Crippen LogP contribution in [-0.2, 0) is 34.8 Å². The number of morpholine rings is 1. The lowest BCUT2D eigenvalue weighted by molar-refractivity contribution is 0.0730. The minimum Gasteiger partial charge on any atom is -0.379 e. The van der Waals surface area contributed by atoms with Crippen LogP contribution in [0.25, 0.3) is 11.0 Å². The number of sulfonamides is 1. The van der Waals surface area contributed by atoms with Crippen molar-refractivity contribution in [2.75, 3.05) is 37.7 Å². The van der Waals surface area contributed by atoms with Gasteiger partial charge >= 0.3 is 0 Å². The highest BCUT2D eigenvalue weighted by Crippen LogP contribution is 2.32. The average Bonchev–Trinajstić information content (AvgIpc) is 3.30. The van der Waals surface area contributed by atoms with Gasteiger partial charge in [-0.15, -0.1) is 0 Å². The highest BCUT2D eigenvalue weighted by atomic mass is 32.2. The van der Waals surface area contributed by atoms with Crippen molar-refractivity contribution in [2.45, 2.75) is 17.9 Å². The summed E-state index contributed by atoms with van der Waals surface area (Å²) in [4.78, 5) is 7.43. The number of aryl methyl sites for hydroxylation is 1. The first-order valence-corrected chi connectivity index (χ1v) is 11.3. The molecule has 3 aromatic rings. The molecule has 0 bridgehead atoms. The summed E-state index contributed by atoms with van der Waals surface area (Å²) >= 11 is 0. The van der Waals surface area contributed by atoms with Gasteiger partial charge in [0.2, 0.25) is 10.0 Å². The summed E-state index contributed by atoms with van der Waals surface area (Å²) in [6.07, 6.45) is 0.839. The summed E-state index contributed by atoms with van der Waals surface area (Å²) < 4.78 is 34.8. The molecule has 8 heteroatoms. The Bertz CT molecular complexity index is 1170. The van der Waals surface area contributed by atoms with Gasteiger partial charge in [-0.1, -0.05) is 12.1 Å². The molecule has 0 aliphatic carbocycles. The fraction of sp³-hybridized carbons (Fsp3) is 0.381. The molecule has 0 atom stereocenters. The molecule has 1 aromatic heterocycles. The maximum absolute atomic E-state index is 12.9. The minimum absolute atomic E-state index is 0.378. The smallest absolute Gasteiger partial charge is 0.243 e. The van der Waals surface area contributed by atoms with Crippen molar-refractivity contribution in [1.29, 1.82) is 0 Å². The van der Waals surface area contributed by atoms with E-state index in [-0.39, 0.29) is 0 Å². The van der Waals surface area contributed by atoms with Crippen molar-refractivity contribution >= 4 is 26.7 Å². The summed E-state index contributed by atoms with van der Waals surface area (Å²) in [6, 6.07) is 13.6. The predicted octanol–water partition coefficient (Wildman–Crippen LogP) is 2.16. The van der Waals surface area contributed by atoms with Crippen molar-refractivity contribution < 1.29 is 13.2 Å². The van der Waals surface area contributed by atoms with Crippen molar-refractivity contribution in [3.8, 4) is 0 Å². The lowest BCUT2D eigenvalue weighted by Gasteiger charge is -2.26. The average molecular weight is 413 g/mol. The summed E-state index contributed by atoms with van der Waals surface area (Å²) in [7, 11) is -1.42. The topological polar surface area (TPSA) is 67.7 Å². The first-order chi connectivity index (χ1) is 14.0. The lowest BCUT2D eigenvalue weighted by atomic mass is 10.2. The number of para-hydroxylation sites is 2. The highest BCUT2D eigenvalue weighted by molar-refractivity contribution is 7.89. The van der Waals surface area contributed by atoms with Crippen molar-refractivity contribution in [1.82, 2.24) is 13.9 Å². The van der Waals surface area contributed by atoms with Crippen LogP contribution in [0.3, 0.4) is 0 Å². The third-order valence-electron chi connectivity index (χ3n) is 5.86. The Morgan fingerprint density at radius 1 is 1.07 bits per heavy atom. The molecule has 2 aromatic carbocycles. The van der Waals surface area contributed by atoms with Gasteiger partial charge in [-0.05, 0) is 42.3 Å². The molecule has 0 radical (unpaired) electrons. The molecule has 1 saturated heterocycles. The lowest BCUT2D eigenvalue weighted by Crippen LogP contribution is -2.40. The Hall–Kier alpha value is -2.42. The Kier molecular flexibility index (Phi) is 4.57. The Morgan fingerprint density at radius 3 is 2.66 bits per heavy atom. The van der Waals surface area contributed by atoms with Crippen LogP contribution in [0.5, 0.6) is 0 Å². The van der Waals surface area contributed by atoms with E-state index in [9.17, 15) is 8.42 Å². The van der Waals surface area contributed by atoms with Crippen LogP contribution in [0, 0.1) is 0 Å². The van der Waals surface area contributed by atoms with E-state index in [4.69, 9.17) is 9.72 Å². The van der Waals surface area contributed by atoms with Gasteiger partial charge in [-0.25, -0.2) is 13.4 Å². The van der Waals surface area contributed by atoms with Crippen LogP contribution in [0.1, 0.15) is 11.4 Å². The van der Waals surface area contributed by atoms with E-state index >= 15 is 0 Å². The zero-order valence-electron chi connectivity index (χ0n) is 16.4. The Morgan fingerprint density at radius 2 is 1.86 bits per heavy atom. The molecule has 2 aliphatic heterocycles. The fourth-order valence-electron chi connectivity index (χ4n) is 4.21. The zero-order chi connectivity index (χ0) is 20.0. The molecule has 0 unspecified atom stereocenters. The van der Waals surface area contributed by atoms with Crippen LogP contribution in [0.2, 0.25) is 0 Å². The molecule has 5 rings (SSSR count). The molecule has 0 amide bonds. The quantitative estimate of drug-likeness (QED) is 0.657. The zero-order valence-corrected chi connectivity index (χ0v) is 17.2. The molecule has 0 N–H and O–H groups in total. The third kappa shape index (κ3) is 3.21. The van der Waals surface area contributed by atoms with Crippen LogP contribution < -0.4 is 4.90 Å². The molecule has 3 heterocycles. The maximum atomic E-state index is 12.9. The van der Waals surface area contributed by atoms with E-state index in [1.807, 2.05) is 37.4 Å². The Labute approximate surface area is 170 Å². The van der Waals surface area contributed by atoms with Crippen molar-refractivity contribution in [3.63, 3.8) is 0 Å². The third-order valence-corrected chi connectivity index (χ3v) is 7.76. The maximum Gasteiger partial charge on any atom is 0.243 e. The number of imidazole rings is 1. The number of hydrogen-bond donors (Lipinski definition) is 0. The molecule has 2 aliphatic rings. The molecule has 1 fully saturated rings. The van der Waals surface area contributed by atoms with E-state index < -0.39 is 10.0 Å². The molecule has 0 saturated carbocycles. The molecular formula is C21H24N4O3S. The van der Waals surface area contributed by atoms with Gasteiger partial charge in [0.05, 0.1) is 35.7 Å². The van der Waals surface area contributed by atoms with Gasteiger partial charge in [0.15, 0.2) is 0 Å². The summed E-state index contributed by atoms with van der Waals surface area (Å²) in [5, 5.41) is 0. The van der Waals surface area contributed by atoms with E-state index in [2.05, 4.69) is 15.5 Å². The number of fused-ring (bicyclic) bond motifs is 2. The van der Waals surface area contributed by atoms with Gasteiger partial charge < -0.3 is 14.2 Å². The summed E-state index contributed by atoms with van der Waals surface area (Å²) in [5.41, 5.74) is 4.29. The highest BCUT2D eigenvalue weighted by Gasteiger charge is 2.29. The van der Waals surface area contributed by atoms with E-state index in [1.54, 1.807) is 6.07 Å². The number of hydrogen-bond acceptors (Lipinski definition) is 5. The minimum atomic E-state index is -3.47. The van der Waals surface area contributed by atoms with Crippen LogP contribution in [0.15, 0.2) is 47.4 Å². The summed E-state index contributed by atoms with van der Waals surface area (Å²) in [6.45, 7) is 3.30. The molecule has 29 heavy (non-hydrogen) atoms. The number of aromatic nitrogens is 2. The molecular weight excluding hydrogens is 388 g/mol. The van der Waals surface area contributed by atoms with Gasteiger partial charge in [0, 0.05) is 32.4 Å². The Balaban J connectivity index is 1.41. The van der Waals surface area contributed by atoms with Gasteiger partial charge in [0.25, 0.3) is 0 Å². The summed E-state index contributed by atoms with van der Waals surface area (Å²) in [5.74, 6) is 1.00. The number of benzene rings is 2. The predicted molar refractivity (Wildman–Crippen MR) is 111 cm³/mol. The number of rotatable bonds is 4. The van der Waals surface area contributed by atoms with E-state index in [1.165, 1.54) is 4.31 Å². The van der Waals surface area contributed by atoms with Crippen molar-refractivity contribution in [3.05, 3.63) is 53.9 Å².